The van der Waals surface area contributed by atoms with Gasteiger partial charge in [-0.2, -0.15) is 0 Å². The standard InChI is InChI=1S/C22H23N3O4/c26-21(24-11-13-29-14-12-24)18-15-25(19-4-1-9-23-20(18)19)10-2-3-16-5-7-17(8-6-16)22(27)28/h1,4-9,15H,2-3,10-14H2,(H,27,28). The van der Waals surface area contributed by atoms with Crippen molar-refractivity contribution in [3.63, 3.8) is 0 Å². The van der Waals surface area contributed by atoms with E-state index in [4.69, 9.17) is 9.84 Å². The maximum atomic E-state index is 13.0. The number of amides is 1. The lowest BCUT2D eigenvalue weighted by Gasteiger charge is -2.26. The quantitative estimate of drug-likeness (QED) is 0.696. The van der Waals surface area contributed by atoms with Crippen LogP contribution in [0.15, 0.2) is 48.8 Å². The molecule has 7 heteroatoms. The molecule has 0 radical (unpaired) electrons. The number of benzene rings is 1. The first-order chi connectivity index (χ1) is 14.1. The highest BCUT2D eigenvalue weighted by atomic mass is 16.5. The molecule has 1 fully saturated rings. The van der Waals surface area contributed by atoms with Crippen LogP contribution in [0, 0.1) is 0 Å². The molecule has 3 heterocycles. The highest BCUT2D eigenvalue weighted by Crippen LogP contribution is 2.22. The molecule has 4 rings (SSSR count). The van der Waals surface area contributed by atoms with Gasteiger partial charge in [-0.25, -0.2) is 4.79 Å². The van der Waals surface area contributed by atoms with Crippen LogP contribution in [-0.4, -0.2) is 57.7 Å². The lowest BCUT2D eigenvalue weighted by Crippen LogP contribution is -2.40. The molecule has 1 N–H and O–H groups in total. The fourth-order valence-corrected chi connectivity index (χ4v) is 3.67. The molecule has 150 valence electrons. The molecular formula is C22H23N3O4. The van der Waals surface area contributed by atoms with Gasteiger partial charge in [0.15, 0.2) is 0 Å². The molecule has 0 bridgehead atoms. The van der Waals surface area contributed by atoms with Gasteiger partial charge in [-0.05, 0) is 42.7 Å². The fourth-order valence-electron chi connectivity index (χ4n) is 3.67. The summed E-state index contributed by atoms with van der Waals surface area (Å²) in [5.74, 6) is -0.916. The highest BCUT2D eigenvalue weighted by molar-refractivity contribution is 6.05. The molecule has 0 atom stereocenters. The average Bonchev–Trinajstić information content (AvgIpc) is 3.13. The molecule has 0 aliphatic carbocycles. The van der Waals surface area contributed by atoms with Crippen molar-refractivity contribution in [2.24, 2.45) is 0 Å². The predicted molar refractivity (Wildman–Crippen MR) is 108 cm³/mol. The molecule has 29 heavy (non-hydrogen) atoms. The lowest BCUT2D eigenvalue weighted by molar-refractivity contribution is 0.0304. The Balaban J connectivity index is 1.48. The van der Waals surface area contributed by atoms with Crippen molar-refractivity contribution in [3.05, 3.63) is 65.5 Å². The van der Waals surface area contributed by atoms with Crippen LogP contribution in [0.5, 0.6) is 0 Å². The predicted octanol–water partition coefficient (Wildman–Crippen LogP) is 2.84. The molecule has 1 aromatic carbocycles. The number of hydrogen-bond acceptors (Lipinski definition) is 4. The molecule has 0 unspecified atom stereocenters. The Kier molecular flexibility index (Phi) is 5.57. The van der Waals surface area contributed by atoms with Crippen molar-refractivity contribution in [2.45, 2.75) is 19.4 Å². The summed E-state index contributed by atoms with van der Waals surface area (Å²) in [6.07, 6.45) is 5.32. The number of carboxylic acid groups (broad SMARTS) is 1. The number of fused-ring (bicyclic) bond motifs is 1. The lowest BCUT2D eigenvalue weighted by atomic mass is 10.1. The SMILES string of the molecule is O=C(O)c1ccc(CCCn2cc(C(=O)N3CCOCC3)c3ncccc32)cc1. The van der Waals surface area contributed by atoms with Gasteiger partial charge in [0.2, 0.25) is 0 Å². The second-order valence-electron chi connectivity index (χ2n) is 7.12. The number of carbonyl (C=O) groups is 2. The zero-order valence-corrected chi connectivity index (χ0v) is 16.1. The number of aromatic nitrogens is 2. The third-order valence-electron chi connectivity index (χ3n) is 5.23. The summed E-state index contributed by atoms with van der Waals surface area (Å²) < 4.78 is 7.43. The number of carboxylic acids is 1. The number of ether oxygens (including phenoxy) is 1. The number of rotatable bonds is 6. The van der Waals surface area contributed by atoms with E-state index in [2.05, 4.69) is 9.55 Å². The Morgan fingerprint density at radius 1 is 1.10 bits per heavy atom. The summed E-state index contributed by atoms with van der Waals surface area (Å²) in [6.45, 7) is 3.09. The van der Waals surface area contributed by atoms with Gasteiger partial charge >= 0.3 is 5.97 Å². The van der Waals surface area contributed by atoms with E-state index in [0.29, 0.717) is 37.4 Å². The zero-order chi connectivity index (χ0) is 20.2. The molecule has 1 aliphatic rings. The van der Waals surface area contributed by atoms with Gasteiger partial charge < -0.3 is 19.3 Å². The van der Waals surface area contributed by atoms with E-state index < -0.39 is 5.97 Å². The summed E-state index contributed by atoms with van der Waals surface area (Å²) in [4.78, 5) is 30.2. The van der Waals surface area contributed by atoms with Gasteiger partial charge in [-0.15, -0.1) is 0 Å². The van der Waals surface area contributed by atoms with E-state index in [-0.39, 0.29) is 5.91 Å². The number of pyridine rings is 1. The van der Waals surface area contributed by atoms with Crippen LogP contribution in [-0.2, 0) is 17.7 Å². The number of nitrogens with zero attached hydrogens (tertiary/aromatic N) is 3. The largest absolute Gasteiger partial charge is 0.478 e. The first-order valence-electron chi connectivity index (χ1n) is 9.76. The Bertz CT molecular complexity index is 1020. The van der Waals surface area contributed by atoms with Gasteiger partial charge in [0, 0.05) is 32.0 Å². The van der Waals surface area contributed by atoms with Crippen molar-refractivity contribution in [1.29, 1.82) is 0 Å². The maximum absolute atomic E-state index is 13.0. The number of aromatic carboxylic acids is 1. The fraction of sp³-hybridized carbons (Fsp3) is 0.318. The van der Waals surface area contributed by atoms with Gasteiger partial charge in [-0.1, -0.05) is 12.1 Å². The van der Waals surface area contributed by atoms with E-state index in [1.54, 1.807) is 18.3 Å². The average molecular weight is 393 g/mol. The highest BCUT2D eigenvalue weighted by Gasteiger charge is 2.23. The number of hydrogen-bond donors (Lipinski definition) is 1. The second-order valence-corrected chi connectivity index (χ2v) is 7.12. The summed E-state index contributed by atoms with van der Waals surface area (Å²) in [6, 6.07) is 10.8. The van der Waals surface area contributed by atoms with Crippen LogP contribution in [0.25, 0.3) is 11.0 Å². The molecule has 1 saturated heterocycles. The Morgan fingerprint density at radius 3 is 2.59 bits per heavy atom. The number of aryl methyl sites for hydroxylation is 2. The number of morpholine rings is 1. The van der Waals surface area contributed by atoms with Crippen LogP contribution < -0.4 is 0 Å². The summed E-state index contributed by atoms with van der Waals surface area (Å²) in [5, 5.41) is 9.00. The minimum atomic E-state index is -0.916. The minimum absolute atomic E-state index is 0.00000873. The second kappa shape index (κ2) is 8.45. The van der Waals surface area contributed by atoms with Crippen LogP contribution in [0.2, 0.25) is 0 Å². The van der Waals surface area contributed by atoms with Crippen molar-refractivity contribution < 1.29 is 19.4 Å². The summed E-state index contributed by atoms with van der Waals surface area (Å²) in [5.41, 5.74) is 3.70. The van der Waals surface area contributed by atoms with E-state index in [1.165, 1.54) is 0 Å². The minimum Gasteiger partial charge on any atom is -0.478 e. The Labute approximate surface area is 168 Å². The topological polar surface area (TPSA) is 84.7 Å². The molecule has 1 aliphatic heterocycles. The van der Waals surface area contributed by atoms with Crippen LogP contribution in [0.3, 0.4) is 0 Å². The molecule has 2 aromatic heterocycles. The van der Waals surface area contributed by atoms with E-state index in [1.807, 2.05) is 35.4 Å². The van der Waals surface area contributed by atoms with E-state index in [0.717, 1.165) is 36.0 Å². The van der Waals surface area contributed by atoms with Crippen molar-refractivity contribution in [2.75, 3.05) is 26.3 Å². The Hall–Kier alpha value is -3.19. The first-order valence-corrected chi connectivity index (χ1v) is 9.76. The van der Waals surface area contributed by atoms with Gasteiger partial charge in [0.25, 0.3) is 5.91 Å². The van der Waals surface area contributed by atoms with E-state index >= 15 is 0 Å². The van der Waals surface area contributed by atoms with Crippen LogP contribution >= 0.6 is 0 Å². The van der Waals surface area contributed by atoms with Crippen molar-refractivity contribution >= 4 is 22.9 Å². The van der Waals surface area contributed by atoms with Crippen LogP contribution in [0.4, 0.5) is 0 Å². The molecule has 3 aromatic rings. The smallest absolute Gasteiger partial charge is 0.335 e. The summed E-state index contributed by atoms with van der Waals surface area (Å²) >= 11 is 0. The molecule has 1 amide bonds. The molecule has 7 nitrogen and oxygen atoms in total. The third kappa shape index (κ3) is 4.14. The van der Waals surface area contributed by atoms with Gasteiger partial charge in [0.05, 0.1) is 29.9 Å². The Morgan fingerprint density at radius 2 is 1.86 bits per heavy atom. The maximum Gasteiger partial charge on any atom is 0.335 e. The molecule has 0 saturated carbocycles. The monoisotopic (exact) mass is 393 g/mol. The van der Waals surface area contributed by atoms with Crippen LogP contribution in [0.1, 0.15) is 32.7 Å². The normalized spacial score (nSPS) is 14.3. The van der Waals surface area contributed by atoms with Gasteiger partial charge in [-0.3, -0.25) is 9.78 Å². The molecular weight excluding hydrogens is 370 g/mol. The summed E-state index contributed by atoms with van der Waals surface area (Å²) in [7, 11) is 0. The zero-order valence-electron chi connectivity index (χ0n) is 16.1. The van der Waals surface area contributed by atoms with Gasteiger partial charge in [0.1, 0.15) is 5.52 Å². The van der Waals surface area contributed by atoms with Crippen molar-refractivity contribution in [3.8, 4) is 0 Å². The van der Waals surface area contributed by atoms with E-state index in [9.17, 15) is 9.59 Å². The third-order valence-corrected chi connectivity index (χ3v) is 5.23. The first kappa shape index (κ1) is 19.1. The van der Waals surface area contributed by atoms with Crippen molar-refractivity contribution in [1.82, 2.24) is 14.5 Å². The molecule has 0 spiro atoms. The number of carbonyl (C=O) groups excluding carboxylic acids is 1.